The average molecular weight is 289 g/mol. The van der Waals surface area contributed by atoms with Crippen LogP contribution in [0.15, 0.2) is 21.7 Å². The lowest BCUT2D eigenvalue weighted by Crippen LogP contribution is -2.21. The zero-order valence-corrected chi connectivity index (χ0v) is 12.5. The third-order valence-corrected chi connectivity index (χ3v) is 4.39. The van der Waals surface area contributed by atoms with Crippen molar-refractivity contribution in [3.63, 3.8) is 0 Å². The summed E-state index contributed by atoms with van der Waals surface area (Å²) < 4.78 is 6.74. The Morgan fingerprint density at radius 1 is 1.40 bits per heavy atom. The van der Waals surface area contributed by atoms with Gasteiger partial charge >= 0.3 is 0 Å². The minimum atomic E-state index is -0.00902. The number of aromatic nitrogens is 3. The van der Waals surface area contributed by atoms with Crippen LogP contribution in [0.4, 0.5) is 0 Å². The Bertz CT molecular complexity index is 829. The van der Waals surface area contributed by atoms with Gasteiger partial charge in [-0.2, -0.15) is 0 Å². The predicted octanol–water partition coefficient (Wildman–Crippen LogP) is 2.67. The Balaban J connectivity index is 2.13. The molecule has 0 amide bonds. The third-order valence-electron chi connectivity index (χ3n) is 3.34. The molecule has 3 rings (SSSR count). The van der Waals surface area contributed by atoms with Crippen LogP contribution in [0.2, 0.25) is 0 Å². The summed E-state index contributed by atoms with van der Waals surface area (Å²) in [6.07, 6.45) is 2.42. The Kier molecular flexibility index (Phi) is 3.17. The molecule has 5 nitrogen and oxygen atoms in total. The van der Waals surface area contributed by atoms with Crippen LogP contribution in [0.25, 0.3) is 10.2 Å². The Morgan fingerprint density at radius 2 is 2.20 bits per heavy atom. The fraction of sp³-hybridized carbons (Fsp3) is 0.357. The van der Waals surface area contributed by atoms with Gasteiger partial charge in [0.15, 0.2) is 5.76 Å². The highest BCUT2D eigenvalue weighted by Crippen LogP contribution is 2.26. The average Bonchev–Trinajstić information content (AvgIpc) is 2.96. The van der Waals surface area contributed by atoms with E-state index in [9.17, 15) is 4.79 Å². The smallest absolute Gasteiger partial charge is 0.262 e. The van der Waals surface area contributed by atoms with E-state index in [0.717, 1.165) is 27.9 Å². The second-order valence-electron chi connectivity index (χ2n) is 4.78. The molecule has 6 heteroatoms. The van der Waals surface area contributed by atoms with Gasteiger partial charge in [0.1, 0.15) is 4.83 Å². The van der Waals surface area contributed by atoms with Crippen molar-refractivity contribution >= 4 is 21.6 Å². The lowest BCUT2D eigenvalue weighted by molar-refractivity contribution is 0.371. The summed E-state index contributed by atoms with van der Waals surface area (Å²) >= 11 is 1.58. The molecule has 0 atom stereocenters. The minimum Gasteiger partial charge on any atom is -0.359 e. The van der Waals surface area contributed by atoms with Gasteiger partial charge in [-0.05, 0) is 25.8 Å². The first-order chi connectivity index (χ1) is 9.60. The van der Waals surface area contributed by atoms with Gasteiger partial charge in [0.05, 0.1) is 24.0 Å². The quantitative estimate of drug-likeness (QED) is 0.743. The Labute approximate surface area is 119 Å². The number of hydrogen-bond acceptors (Lipinski definition) is 5. The highest BCUT2D eigenvalue weighted by molar-refractivity contribution is 7.18. The minimum absolute atomic E-state index is 0.00902. The van der Waals surface area contributed by atoms with E-state index in [1.165, 1.54) is 4.88 Å². The summed E-state index contributed by atoms with van der Waals surface area (Å²) in [5, 5.41) is 4.58. The van der Waals surface area contributed by atoms with Crippen LogP contribution in [0.5, 0.6) is 0 Å². The molecule has 20 heavy (non-hydrogen) atoms. The Morgan fingerprint density at radius 3 is 2.85 bits per heavy atom. The zero-order chi connectivity index (χ0) is 14.3. The van der Waals surface area contributed by atoms with Gasteiger partial charge in [0, 0.05) is 10.9 Å². The van der Waals surface area contributed by atoms with Crippen LogP contribution < -0.4 is 5.56 Å². The third kappa shape index (κ3) is 2.06. The van der Waals surface area contributed by atoms with Gasteiger partial charge in [0.2, 0.25) is 0 Å². The molecular weight excluding hydrogens is 274 g/mol. The fourth-order valence-corrected chi connectivity index (χ4v) is 3.46. The molecule has 0 bridgehead atoms. The van der Waals surface area contributed by atoms with Crippen molar-refractivity contribution in [2.24, 2.45) is 0 Å². The molecule has 0 aromatic carbocycles. The monoisotopic (exact) mass is 289 g/mol. The number of thiophene rings is 1. The van der Waals surface area contributed by atoms with Crippen molar-refractivity contribution in [2.75, 3.05) is 0 Å². The van der Waals surface area contributed by atoms with Crippen molar-refractivity contribution in [3.8, 4) is 0 Å². The van der Waals surface area contributed by atoms with Crippen LogP contribution in [-0.4, -0.2) is 14.7 Å². The number of nitrogens with zero attached hydrogens (tertiary/aromatic N) is 3. The molecular formula is C14H15N3O2S. The van der Waals surface area contributed by atoms with Crippen molar-refractivity contribution in [2.45, 2.75) is 33.7 Å². The van der Waals surface area contributed by atoms with Crippen LogP contribution in [0, 0.1) is 13.8 Å². The normalized spacial score (nSPS) is 11.3. The van der Waals surface area contributed by atoms with Gasteiger partial charge < -0.3 is 4.52 Å². The second kappa shape index (κ2) is 4.86. The first-order valence-corrected chi connectivity index (χ1v) is 7.31. The van der Waals surface area contributed by atoms with E-state index < -0.39 is 0 Å². The van der Waals surface area contributed by atoms with E-state index >= 15 is 0 Å². The topological polar surface area (TPSA) is 60.9 Å². The standard InChI is InChI=1S/C14H15N3O2S/c1-4-11-9(3)20-13-12(11)14(18)17(7-15-13)6-10-5-8(2)16-19-10/h5,7H,4,6H2,1-3H3. The maximum Gasteiger partial charge on any atom is 0.262 e. The van der Waals surface area contributed by atoms with Gasteiger partial charge in [0.25, 0.3) is 5.56 Å². The number of hydrogen-bond donors (Lipinski definition) is 0. The van der Waals surface area contributed by atoms with Gasteiger partial charge in [-0.3, -0.25) is 9.36 Å². The molecule has 0 saturated heterocycles. The molecule has 3 aromatic rings. The van der Waals surface area contributed by atoms with E-state index in [1.807, 2.05) is 19.9 Å². The van der Waals surface area contributed by atoms with Gasteiger partial charge in [-0.15, -0.1) is 11.3 Å². The molecule has 0 spiro atoms. The predicted molar refractivity (Wildman–Crippen MR) is 78.3 cm³/mol. The Hall–Kier alpha value is -1.95. The summed E-state index contributed by atoms with van der Waals surface area (Å²) in [7, 11) is 0. The van der Waals surface area contributed by atoms with Crippen LogP contribution in [0.1, 0.15) is 28.8 Å². The molecule has 0 aliphatic rings. The molecule has 3 aromatic heterocycles. The van der Waals surface area contributed by atoms with Gasteiger partial charge in [-0.1, -0.05) is 12.1 Å². The van der Waals surface area contributed by atoms with E-state index in [-0.39, 0.29) is 5.56 Å². The maximum atomic E-state index is 12.6. The summed E-state index contributed by atoms with van der Waals surface area (Å²) in [6, 6.07) is 1.83. The van der Waals surface area contributed by atoms with E-state index in [4.69, 9.17) is 4.52 Å². The highest BCUT2D eigenvalue weighted by atomic mass is 32.1. The molecule has 104 valence electrons. The molecule has 3 heterocycles. The summed E-state index contributed by atoms with van der Waals surface area (Å²) in [5.74, 6) is 0.663. The van der Waals surface area contributed by atoms with E-state index in [2.05, 4.69) is 17.1 Å². The SMILES string of the molecule is CCc1c(C)sc2ncn(Cc3cc(C)no3)c(=O)c12. The molecule has 0 unspecified atom stereocenters. The fourth-order valence-electron chi connectivity index (χ4n) is 2.39. The summed E-state index contributed by atoms with van der Waals surface area (Å²) in [6.45, 7) is 6.31. The maximum absolute atomic E-state index is 12.6. The molecule has 0 N–H and O–H groups in total. The molecule has 0 radical (unpaired) electrons. The number of aryl methyl sites for hydroxylation is 3. The van der Waals surface area contributed by atoms with Crippen molar-refractivity contribution in [3.05, 3.63) is 44.6 Å². The van der Waals surface area contributed by atoms with Gasteiger partial charge in [-0.25, -0.2) is 4.98 Å². The van der Waals surface area contributed by atoms with Crippen LogP contribution >= 0.6 is 11.3 Å². The van der Waals surface area contributed by atoms with Crippen molar-refractivity contribution < 1.29 is 4.52 Å². The van der Waals surface area contributed by atoms with E-state index in [1.54, 1.807) is 22.2 Å². The number of fused-ring (bicyclic) bond motifs is 1. The van der Waals surface area contributed by atoms with E-state index in [0.29, 0.717) is 12.3 Å². The largest absolute Gasteiger partial charge is 0.359 e. The van der Waals surface area contributed by atoms with Crippen LogP contribution in [0.3, 0.4) is 0 Å². The lowest BCUT2D eigenvalue weighted by atomic mass is 10.1. The first-order valence-electron chi connectivity index (χ1n) is 6.49. The zero-order valence-electron chi connectivity index (χ0n) is 11.6. The van der Waals surface area contributed by atoms with Crippen molar-refractivity contribution in [1.29, 1.82) is 0 Å². The first kappa shape index (κ1) is 13.1. The number of rotatable bonds is 3. The second-order valence-corrected chi connectivity index (χ2v) is 5.99. The molecule has 0 fully saturated rings. The lowest BCUT2D eigenvalue weighted by Gasteiger charge is -2.03. The molecule has 0 aliphatic heterocycles. The van der Waals surface area contributed by atoms with Crippen LogP contribution in [-0.2, 0) is 13.0 Å². The molecule has 0 aliphatic carbocycles. The van der Waals surface area contributed by atoms with Crippen molar-refractivity contribution in [1.82, 2.24) is 14.7 Å². The summed E-state index contributed by atoms with van der Waals surface area (Å²) in [5.41, 5.74) is 1.90. The molecule has 0 saturated carbocycles. The highest BCUT2D eigenvalue weighted by Gasteiger charge is 2.14. The summed E-state index contributed by atoms with van der Waals surface area (Å²) in [4.78, 5) is 19.0.